The van der Waals surface area contributed by atoms with E-state index in [1.807, 2.05) is 40.8 Å². The van der Waals surface area contributed by atoms with Gasteiger partial charge in [0.05, 0.1) is 17.6 Å². The maximum Gasteiger partial charge on any atom is 0.240 e. The zero-order valence-electron chi connectivity index (χ0n) is 13.5. The van der Waals surface area contributed by atoms with Gasteiger partial charge in [-0.1, -0.05) is 6.07 Å². The van der Waals surface area contributed by atoms with Crippen molar-refractivity contribution in [3.05, 3.63) is 28.8 Å². The Labute approximate surface area is 128 Å². The third kappa shape index (κ3) is 5.39. The number of hydrogen-bond acceptors (Lipinski definition) is 4. The zero-order valence-corrected chi connectivity index (χ0v) is 14.3. The van der Waals surface area contributed by atoms with Gasteiger partial charge in [0.1, 0.15) is 0 Å². The number of sulfonamides is 1. The molecule has 0 aliphatic rings. The van der Waals surface area contributed by atoms with E-state index in [2.05, 4.69) is 10.0 Å². The average molecular weight is 314 g/mol. The summed E-state index contributed by atoms with van der Waals surface area (Å²) in [6.07, 6.45) is 0.0949. The molecule has 0 radical (unpaired) electrons. The van der Waals surface area contributed by atoms with Crippen LogP contribution in [0.5, 0.6) is 0 Å². The predicted octanol–water partition coefficient (Wildman–Crippen LogP) is 1.73. The Kier molecular flexibility index (Phi) is 6.80. The maximum absolute atomic E-state index is 12.4. The molecule has 21 heavy (non-hydrogen) atoms. The van der Waals surface area contributed by atoms with E-state index in [0.29, 0.717) is 18.0 Å². The smallest absolute Gasteiger partial charge is 0.240 e. The van der Waals surface area contributed by atoms with Crippen molar-refractivity contribution >= 4 is 10.0 Å². The van der Waals surface area contributed by atoms with Gasteiger partial charge in [0.2, 0.25) is 10.0 Å². The average Bonchev–Trinajstić information content (AvgIpc) is 2.38. The summed E-state index contributed by atoms with van der Waals surface area (Å²) in [4.78, 5) is 0.345. The second-order valence-corrected chi connectivity index (χ2v) is 7.12. The van der Waals surface area contributed by atoms with Crippen molar-refractivity contribution in [1.82, 2.24) is 10.0 Å². The standard InChI is InChI=1S/C15H26N2O3S/c1-11(2)20-7-6-17-21(18,19)15-9-14(10-16-5)8-12(3)13(15)4/h8-9,11,16-17H,6-7,10H2,1-5H3. The zero-order chi connectivity index (χ0) is 16.0. The van der Waals surface area contributed by atoms with Crippen LogP contribution in [0.3, 0.4) is 0 Å². The number of benzene rings is 1. The van der Waals surface area contributed by atoms with Gasteiger partial charge in [-0.25, -0.2) is 13.1 Å². The largest absolute Gasteiger partial charge is 0.377 e. The summed E-state index contributed by atoms with van der Waals surface area (Å²) >= 11 is 0. The normalized spacial score (nSPS) is 12.1. The Morgan fingerprint density at radius 1 is 1.24 bits per heavy atom. The summed E-state index contributed by atoms with van der Waals surface area (Å²) in [5, 5.41) is 3.04. The molecule has 0 aromatic heterocycles. The lowest BCUT2D eigenvalue weighted by atomic mass is 10.1. The van der Waals surface area contributed by atoms with Crippen molar-refractivity contribution in [2.45, 2.75) is 45.2 Å². The number of hydrogen-bond donors (Lipinski definition) is 2. The maximum atomic E-state index is 12.4. The summed E-state index contributed by atoms with van der Waals surface area (Å²) in [5.41, 5.74) is 2.72. The SMILES string of the molecule is CNCc1cc(C)c(C)c(S(=O)(=O)NCCOC(C)C)c1. The lowest BCUT2D eigenvalue weighted by molar-refractivity contribution is 0.0834. The summed E-state index contributed by atoms with van der Waals surface area (Å²) in [6, 6.07) is 3.73. The summed E-state index contributed by atoms with van der Waals surface area (Å²) in [7, 11) is -1.67. The van der Waals surface area contributed by atoms with Gasteiger partial charge in [0.25, 0.3) is 0 Å². The molecule has 0 aliphatic heterocycles. The minimum absolute atomic E-state index is 0.0949. The van der Waals surface area contributed by atoms with Crippen molar-refractivity contribution in [3.8, 4) is 0 Å². The molecule has 0 heterocycles. The van der Waals surface area contributed by atoms with Crippen molar-refractivity contribution in [1.29, 1.82) is 0 Å². The van der Waals surface area contributed by atoms with E-state index < -0.39 is 10.0 Å². The predicted molar refractivity (Wildman–Crippen MR) is 85.0 cm³/mol. The number of rotatable bonds is 8. The van der Waals surface area contributed by atoms with Gasteiger partial charge in [0.15, 0.2) is 0 Å². The van der Waals surface area contributed by atoms with Crippen LogP contribution in [0.2, 0.25) is 0 Å². The lowest BCUT2D eigenvalue weighted by Gasteiger charge is -2.14. The molecule has 0 saturated carbocycles. The second-order valence-electron chi connectivity index (χ2n) is 5.38. The van der Waals surface area contributed by atoms with Crippen LogP contribution >= 0.6 is 0 Å². The molecule has 6 heteroatoms. The molecule has 0 atom stereocenters. The van der Waals surface area contributed by atoms with Gasteiger partial charge in [-0.15, -0.1) is 0 Å². The van der Waals surface area contributed by atoms with E-state index in [-0.39, 0.29) is 12.6 Å². The van der Waals surface area contributed by atoms with Gasteiger partial charge in [0, 0.05) is 13.1 Å². The van der Waals surface area contributed by atoms with Crippen LogP contribution in [0.25, 0.3) is 0 Å². The van der Waals surface area contributed by atoms with Crippen molar-refractivity contribution in [3.63, 3.8) is 0 Å². The molecular formula is C15H26N2O3S. The Morgan fingerprint density at radius 3 is 2.48 bits per heavy atom. The highest BCUT2D eigenvalue weighted by atomic mass is 32.2. The highest BCUT2D eigenvalue weighted by Gasteiger charge is 2.18. The van der Waals surface area contributed by atoms with Gasteiger partial charge < -0.3 is 10.1 Å². The number of ether oxygens (including phenoxy) is 1. The van der Waals surface area contributed by atoms with Gasteiger partial charge in [-0.05, 0) is 57.5 Å². The van der Waals surface area contributed by atoms with E-state index in [0.717, 1.165) is 16.7 Å². The molecule has 0 fully saturated rings. The van der Waals surface area contributed by atoms with Crippen molar-refractivity contribution < 1.29 is 13.2 Å². The summed E-state index contributed by atoms with van der Waals surface area (Å²) in [5.74, 6) is 0. The van der Waals surface area contributed by atoms with Crippen molar-refractivity contribution in [2.24, 2.45) is 0 Å². The summed E-state index contributed by atoms with van der Waals surface area (Å²) in [6.45, 7) is 8.88. The molecule has 0 aliphatic carbocycles. The topological polar surface area (TPSA) is 67.4 Å². The number of aryl methyl sites for hydroxylation is 1. The third-order valence-electron chi connectivity index (χ3n) is 3.20. The second kappa shape index (κ2) is 7.89. The van der Waals surface area contributed by atoms with E-state index in [4.69, 9.17) is 4.74 Å². The molecule has 1 aromatic carbocycles. The highest BCUT2D eigenvalue weighted by molar-refractivity contribution is 7.89. The minimum Gasteiger partial charge on any atom is -0.377 e. The molecule has 0 bridgehead atoms. The fraction of sp³-hybridized carbons (Fsp3) is 0.600. The van der Waals surface area contributed by atoms with Crippen LogP contribution in [0.15, 0.2) is 17.0 Å². The quantitative estimate of drug-likeness (QED) is 0.717. The van der Waals surface area contributed by atoms with Crippen LogP contribution in [-0.2, 0) is 21.3 Å². The van der Waals surface area contributed by atoms with E-state index in [1.165, 1.54) is 0 Å². The first kappa shape index (κ1) is 18.1. The Morgan fingerprint density at radius 2 is 1.90 bits per heavy atom. The van der Waals surface area contributed by atoms with E-state index in [9.17, 15) is 8.42 Å². The Bertz CT molecular complexity index is 569. The molecule has 5 nitrogen and oxygen atoms in total. The number of nitrogens with one attached hydrogen (secondary N) is 2. The molecule has 0 amide bonds. The molecule has 1 rings (SSSR count). The summed E-state index contributed by atoms with van der Waals surface area (Å²) < 4.78 is 32.8. The highest BCUT2D eigenvalue weighted by Crippen LogP contribution is 2.21. The van der Waals surface area contributed by atoms with E-state index >= 15 is 0 Å². The Hall–Kier alpha value is -0.950. The third-order valence-corrected chi connectivity index (χ3v) is 4.78. The van der Waals surface area contributed by atoms with Crippen LogP contribution < -0.4 is 10.0 Å². The molecule has 0 unspecified atom stereocenters. The fourth-order valence-corrected chi connectivity index (χ4v) is 3.41. The van der Waals surface area contributed by atoms with Gasteiger partial charge >= 0.3 is 0 Å². The molecular weight excluding hydrogens is 288 g/mol. The van der Waals surface area contributed by atoms with Gasteiger partial charge in [-0.2, -0.15) is 0 Å². The van der Waals surface area contributed by atoms with Gasteiger partial charge in [-0.3, -0.25) is 0 Å². The van der Waals surface area contributed by atoms with Crippen LogP contribution in [-0.4, -0.2) is 34.7 Å². The lowest BCUT2D eigenvalue weighted by Crippen LogP contribution is -2.29. The van der Waals surface area contributed by atoms with E-state index in [1.54, 1.807) is 6.07 Å². The fourth-order valence-electron chi connectivity index (χ4n) is 2.03. The first-order valence-electron chi connectivity index (χ1n) is 7.14. The molecule has 0 saturated heterocycles. The Balaban J connectivity index is 2.91. The van der Waals surface area contributed by atoms with Crippen LogP contribution in [0.1, 0.15) is 30.5 Å². The van der Waals surface area contributed by atoms with Crippen LogP contribution in [0.4, 0.5) is 0 Å². The van der Waals surface area contributed by atoms with Crippen LogP contribution in [0, 0.1) is 13.8 Å². The molecule has 2 N–H and O–H groups in total. The minimum atomic E-state index is -3.51. The first-order valence-corrected chi connectivity index (χ1v) is 8.62. The van der Waals surface area contributed by atoms with Crippen molar-refractivity contribution in [2.75, 3.05) is 20.2 Å². The molecule has 120 valence electrons. The first-order chi connectivity index (χ1) is 9.77. The molecule has 0 spiro atoms. The molecule has 1 aromatic rings. The monoisotopic (exact) mass is 314 g/mol.